The average molecular weight is 301 g/mol. The third-order valence-corrected chi connectivity index (χ3v) is 1.80. The van der Waals surface area contributed by atoms with Gasteiger partial charge in [-0.3, -0.25) is 0 Å². The summed E-state index contributed by atoms with van der Waals surface area (Å²) in [4.78, 5) is 11.3. The summed E-state index contributed by atoms with van der Waals surface area (Å²) in [5.41, 5.74) is -0.487. The Labute approximate surface area is 92.7 Å². The lowest BCUT2D eigenvalue weighted by Gasteiger charge is -2.23. The highest BCUT2D eigenvalue weighted by atomic mass is 127. The zero-order chi connectivity index (χ0) is 10.6. The van der Waals surface area contributed by atoms with E-state index in [2.05, 4.69) is 0 Å². The first kappa shape index (κ1) is 13.0. The summed E-state index contributed by atoms with van der Waals surface area (Å²) >= 11 is 1.82. The fourth-order valence-corrected chi connectivity index (χ4v) is 1.29. The summed E-state index contributed by atoms with van der Waals surface area (Å²) in [6.07, 6.45) is -0.960. The Morgan fingerprint density at radius 1 is 1.62 bits per heavy atom. The van der Waals surface area contributed by atoms with Crippen molar-refractivity contribution in [1.82, 2.24) is 3.11 Å². The van der Waals surface area contributed by atoms with Gasteiger partial charge < -0.3 is 9.84 Å². The van der Waals surface area contributed by atoms with Crippen LogP contribution in [0, 0.1) is 0 Å². The average Bonchev–Trinajstić information content (AvgIpc) is 1.81. The van der Waals surface area contributed by atoms with E-state index >= 15 is 0 Å². The highest BCUT2D eigenvalue weighted by molar-refractivity contribution is 14.1. The van der Waals surface area contributed by atoms with Crippen molar-refractivity contribution in [2.45, 2.75) is 39.4 Å². The summed E-state index contributed by atoms with van der Waals surface area (Å²) in [5, 5.41) is 9.02. The summed E-state index contributed by atoms with van der Waals surface area (Å²) < 4.78 is 6.40. The molecule has 0 fully saturated rings. The molecule has 0 rings (SSSR count). The van der Waals surface area contributed by atoms with Crippen molar-refractivity contribution in [3.8, 4) is 0 Å². The number of halogens is 1. The topological polar surface area (TPSA) is 49.8 Å². The van der Waals surface area contributed by atoms with Crippen molar-refractivity contribution >= 4 is 29.0 Å². The minimum Gasteiger partial charge on any atom is -0.443 e. The molecule has 0 aromatic carbocycles. The molecule has 0 aliphatic rings. The van der Waals surface area contributed by atoms with Crippen molar-refractivity contribution in [3.63, 3.8) is 0 Å². The number of amides is 1. The first-order valence-electron chi connectivity index (χ1n) is 4.07. The Balaban J connectivity index is 3.97. The molecule has 0 radical (unpaired) electrons. The molecule has 0 spiro atoms. The summed E-state index contributed by atoms with van der Waals surface area (Å²) in [7, 11) is 0. The SMILES string of the molecule is C[C@H](O)CN(I)C(=O)OC(C)(C)C. The quantitative estimate of drug-likeness (QED) is 0.626. The minimum atomic E-state index is -0.538. The van der Waals surface area contributed by atoms with Gasteiger partial charge in [0.2, 0.25) is 0 Å². The van der Waals surface area contributed by atoms with E-state index in [4.69, 9.17) is 9.84 Å². The predicted octanol–water partition coefficient (Wildman–Crippen LogP) is 1.95. The van der Waals surface area contributed by atoms with Crippen LogP contribution in [0.1, 0.15) is 27.7 Å². The molecular formula is C8H16INO3. The molecule has 1 atom stereocenters. The van der Waals surface area contributed by atoms with E-state index in [1.54, 1.807) is 27.7 Å². The van der Waals surface area contributed by atoms with Gasteiger partial charge in [-0.05, 0) is 27.7 Å². The lowest BCUT2D eigenvalue weighted by Crippen LogP contribution is -2.34. The lowest BCUT2D eigenvalue weighted by atomic mass is 10.2. The monoisotopic (exact) mass is 301 g/mol. The maximum absolute atomic E-state index is 11.3. The number of aliphatic hydroxyl groups is 1. The van der Waals surface area contributed by atoms with Gasteiger partial charge in [-0.15, -0.1) is 0 Å². The molecule has 0 saturated heterocycles. The fraction of sp³-hybridized carbons (Fsp3) is 0.875. The van der Waals surface area contributed by atoms with E-state index in [1.807, 2.05) is 22.9 Å². The molecular weight excluding hydrogens is 285 g/mol. The van der Waals surface area contributed by atoms with Crippen molar-refractivity contribution in [2.75, 3.05) is 6.54 Å². The van der Waals surface area contributed by atoms with Crippen LogP contribution < -0.4 is 0 Å². The van der Waals surface area contributed by atoms with Crippen LogP contribution in [0.5, 0.6) is 0 Å². The zero-order valence-electron chi connectivity index (χ0n) is 8.37. The second-order valence-corrected chi connectivity index (χ2v) is 5.04. The maximum atomic E-state index is 11.3. The Kier molecular flexibility index (Phi) is 4.98. The Morgan fingerprint density at radius 2 is 2.08 bits per heavy atom. The van der Waals surface area contributed by atoms with Gasteiger partial charge >= 0.3 is 6.09 Å². The van der Waals surface area contributed by atoms with Gasteiger partial charge in [0.15, 0.2) is 0 Å². The summed E-state index contributed by atoms with van der Waals surface area (Å²) in [6.45, 7) is 7.30. The molecule has 78 valence electrons. The van der Waals surface area contributed by atoms with Gasteiger partial charge in [-0.25, -0.2) is 7.91 Å². The number of ether oxygens (including phenoxy) is 1. The molecule has 0 unspecified atom stereocenters. The molecule has 0 aliphatic carbocycles. The van der Waals surface area contributed by atoms with Crippen molar-refractivity contribution < 1.29 is 14.6 Å². The maximum Gasteiger partial charge on any atom is 0.419 e. The molecule has 13 heavy (non-hydrogen) atoms. The summed E-state index contributed by atoms with van der Waals surface area (Å²) in [5.74, 6) is 0. The van der Waals surface area contributed by atoms with Crippen molar-refractivity contribution in [1.29, 1.82) is 0 Å². The Morgan fingerprint density at radius 3 is 2.38 bits per heavy atom. The van der Waals surface area contributed by atoms with Crippen LogP contribution in [0.15, 0.2) is 0 Å². The molecule has 0 bridgehead atoms. The minimum absolute atomic E-state index is 0.273. The number of aliphatic hydroxyl groups excluding tert-OH is 1. The van der Waals surface area contributed by atoms with Crippen LogP contribution in [-0.2, 0) is 4.74 Å². The van der Waals surface area contributed by atoms with E-state index in [0.29, 0.717) is 0 Å². The number of hydrogen-bond donors (Lipinski definition) is 1. The molecule has 0 heterocycles. The van der Waals surface area contributed by atoms with Gasteiger partial charge in [0.1, 0.15) is 5.60 Å². The lowest BCUT2D eigenvalue weighted by molar-refractivity contribution is 0.0379. The molecule has 0 aromatic rings. The van der Waals surface area contributed by atoms with Gasteiger partial charge in [0.05, 0.1) is 35.5 Å². The Bertz CT molecular complexity index is 177. The van der Waals surface area contributed by atoms with Gasteiger partial charge in [-0.2, -0.15) is 0 Å². The van der Waals surface area contributed by atoms with Crippen LogP contribution in [-0.4, -0.2) is 32.6 Å². The van der Waals surface area contributed by atoms with E-state index in [9.17, 15) is 4.79 Å². The first-order valence-corrected chi connectivity index (χ1v) is 5.03. The fourth-order valence-electron chi connectivity index (χ4n) is 0.618. The van der Waals surface area contributed by atoms with Crippen LogP contribution in [0.3, 0.4) is 0 Å². The summed E-state index contributed by atoms with van der Waals surface area (Å²) in [6, 6.07) is 0. The number of hydrogen-bond acceptors (Lipinski definition) is 3. The smallest absolute Gasteiger partial charge is 0.419 e. The highest BCUT2D eigenvalue weighted by Gasteiger charge is 2.21. The van der Waals surface area contributed by atoms with Crippen molar-refractivity contribution in [3.05, 3.63) is 0 Å². The molecule has 4 nitrogen and oxygen atoms in total. The molecule has 5 heteroatoms. The zero-order valence-corrected chi connectivity index (χ0v) is 10.5. The number of nitrogens with zero attached hydrogens (tertiary/aromatic N) is 1. The predicted molar refractivity (Wildman–Crippen MR) is 58.6 cm³/mol. The largest absolute Gasteiger partial charge is 0.443 e. The first-order chi connectivity index (χ1) is 5.72. The third kappa shape index (κ3) is 7.06. The standard InChI is InChI=1S/C8H16INO3/c1-6(11)5-10(9)7(12)13-8(2,3)4/h6,11H,5H2,1-4H3/t6-/m0/s1. The van der Waals surface area contributed by atoms with Crippen molar-refractivity contribution in [2.24, 2.45) is 0 Å². The normalized spacial score (nSPS) is 13.7. The second-order valence-electron chi connectivity index (χ2n) is 3.87. The van der Waals surface area contributed by atoms with E-state index < -0.39 is 17.8 Å². The van der Waals surface area contributed by atoms with E-state index in [-0.39, 0.29) is 6.54 Å². The van der Waals surface area contributed by atoms with E-state index in [0.717, 1.165) is 0 Å². The molecule has 1 amide bonds. The molecule has 0 saturated carbocycles. The highest BCUT2D eigenvalue weighted by Crippen LogP contribution is 2.12. The molecule has 1 N–H and O–H groups in total. The van der Waals surface area contributed by atoms with Crippen LogP contribution in [0.4, 0.5) is 4.79 Å². The van der Waals surface area contributed by atoms with Crippen LogP contribution >= 0.6 is 22.9 Å². The number of rotatable bonds is 2. The van der Waals surface area contributed by atoms with Gasteiger partial charge in [-0.1, -0.05) is 0 Å². The van der Waals surface area contributed by atoms with E-state index in [1.165, 1.54) is 3.11 Å². The second kappa shape index (κ2) is 4.99. The van der Waals surface area contributed by atoms with Crippen LogP contribution in [0.2, 0.25) is 0 Å². The third-order valence-electron chi connectivity index (χ3n) is 1.02. The molecule has 0 aliphatic heterocycles. The number of carbonyl (C=O) groups excluding carboxylic acids is 1. The Hall–Kier alpha value is -0.0400. The van der Waals surface area contributed by atoms with Crippen LogP contribution in [0.25, 0.3) is 0 Å². The number of carbonyl (C=O) groups is 1. The molecule has 0 aromatic heterocycles. The van der Waals surface area contributed by atoms with Gasteiger partial charge in [0.25, 0.3) is 0 Å². The van der Waals surface area contributed by atoms with Gasteiger partial charge in [0, 0.05) is 0 Å².